The first kappa shape index (κ1) is 27.5. The van der Waals surface area contributed by atoms with Crippen LogP contribution in [-0.4, -0.2) is 14.5 Å². The van der Waals surface area contributed by atoms with Crippen molar-refractivity contribution in [1.82, 2.24) is 14.5 Å². The molecule has 0 N–H and O–H groups in total. The van der Waals surface area contributed by atoms with E-state index < -0.39 is 0 Å². The van der Waals surface area contributed by atoms with Crippen molar-refractivity contribution in [1.29, 1.82) is 0 Å². The molecule has 0 fully saturated rings. The van der Waals surface area contributed by atoms with Gasteiger partial charge in [-0.15, -0.1) is 11.3 Å². The zero-order chi connectivity index (χ0) is 33.2. The van der Waals surface area contributed by atoms with Gasteiger partial charge in [0, 0.05) is 53.2 Å². The molecule has 0 spiro atoms. The van der Waals surface area contributed by atoms with E-state index in [0.717, 1.165) is 40.7 Å². The lowest BCUT2D eigenvalue weighted by molar-refractivity contribution is 0.660. The molecule has 11 aromatic rings. The van der Waals surface area contributed by atoms with E-state index in [-0.39, 0.29) is 0 Å². The van der Waals surface area contributed by atoms with Crippen LogP contribution in [0.15, 0.2) is 138 Å². The number of aromatic nitrogens is 3. The number of rotatable bonds is 2. The summed E-state index contributed by atoms with van der Waals surface area (Å²) in [4.78, 5) is 10.8. The molecule has 12 rings (SSSR count). The minimum absolute atomic E-state index is 0.688. The molecule has 0 saturated heterocycles. The average molecular weight is 670 g/mol. The van der Waals surface area contributed by atoms with E-state index in [9.17, 15) is 0 Å². The van der Waals surface area contributed by atoms with E-state index in [1.165, 1.54) is 74.6 Å². The van der Waals surface area contributed by atoms with Gasteiger partial charge in [-0.1, -0.05) is 115 Å². The number of hydrogen-bond acceptors (Lipinski definition) is 4. The molecule has 0 amide bonds. The first-order chi connectivity index (χ1) is 25.3. The summed E-state index contributed by atoms with van der Waals surface area (Å²) in [5, 5.41) is 12.3. The highest BCUT2D eigenvalue weighted by molar-refractivity contribution is 7.27. The van der Waals surface area contributed by atoms with Crippen LogP contribution in [0, 0.1) is 0 Å². The number of benzene rings is 7. The summed E-state index contributed by atoms with van der Waals surface area (Å²) in [5.74, 6) is 1.48. The highest BCUT2D eigenvalue weighted by atomic mass is 32.1. The molecule has 5 heteroatoms. The first-order valence-corrected chi connectivity index (χ1v) is 18.3. The Labute approximate surface area is 295 Å². The van der Waals surface area contributed by atoms with Gasteiger partial charge in [0.25, 0.3) is 0 Å². The molecule has 4 heterocycles. The number of para-hydroxylation sites is 1. The Bertz CT molecular complexity index is 3320. The van der Waals surface area contributed by atoms with Crippen molar-refractivity contribution in [2.24, 2.45) is 0 Å². The third-order valence-electron chi connectivity index (χ3n) is 10.8. The van der Waals surface area contributed by atoms with Gasteiger partial charge in [0.15, 0.2) is 17.2 Å². The highest BCUT2D eigenvalue weighted by Crippen LogP contribution is 2.49. The Kier molecular flexibility index (Phi) is 5.46. The Balaban J connectivity index is 1.24. The van der Waals surface area contributed by atoms with Crippen LogP contribution in [0.5, 0.6) is 0 Å². The van der Waals surface area contributed by atoms with Gasteiger partial charge in [-0.25, -0.2) is 9.97 Å². The van der Waals surface area contributed by atoms with Crippen molar-refractivity contribution >= 4 is 103 Å². The maximum atomic E-state index is 6.74. The maximum absolute atomic E-state index is 6.74. The molecule has 1 aliphatic rings. The van der Waals surface area contributed by atoms with Gasteiger partial charge >= 0.3 is 0 Å². The van der Waals surface area contributed by atoms with Crippen LogP contribution in [0.4, 0.5) is 0 Å². The second-order valence-corrected chi connectivity index (χ2v) is 14.6. The molecule has 0 bridgehead atoms. The summed E-state index contributed by atoms with van der Waals surface area (Å²) < 4.78 is 11.8. The number of hydrogen-bond donors (Lipinski definition) is 0. The maximum Gasteiger partial charge on any atom is 0.197 e. The monoisotopic (exact) mass is 669 g/mol. The molecule has 238 valence electrons. The molecule has 0 aliphatic heterocycles. The van der Waals surface area contributed by atoms with Gasteiger partial charge in [0.05, 0.1) is 5.52 Å². The predicted molar refractivity (Wildman–Crippen MR) is 214 cm³/mol. The minimum Gasteiger partial charge on any atom is -0.450 e. The summed E-state index contributed by atoms with van der Waals surface area (Å²) in [7, 11) is 0. The summed E-state index contributed by atoms with van der Waals surface area (Å²) in [6, 6.07) is 45.5. The zero-order valence-corrected chi connectivity index (χ0v) is 28.2. The van der Waals surface area contributed by atoms with Crippen LogP contribution in [0.1, 0.15) is 17.7 Å². The largest absolute Gasteiger partial charge is 0.450 e. The Morgan fingerprint density at radius 3 is 2.29 bits per heavy atom. The van der Waals surface area contributed by atoms with E-state index in [2.05, 4.69) is 132 Å². The molecule has 1 aliphatic carbocycles. The van der Waals surface area contributed by atoms with Crippen LogP contribution in [-0.2, 0) is 6.42 Å². The van der Waals surface area contributed by atoms with Crippen molar-refractivity contribution in [3.8, 4) is 17.2 Å². The minimum atomic E-state index is 0.688. The van der Waals surface area contributed by atoms with Crippen molar-refractivity contribution in [2.75, 3.05) is 0 Å². The van der Waals surface area contributed by atoms with Crippen molar-refractivity contribution in [3.05, 3.63) is 145 Å². The SMILES string of the molecule is C1=Cc2c(n(-c3nc(-c4ccc5c(ccc6ccccc65)c4)nc4c3oc3ccccc34)c3c4ccccc4c4c5ccccc5sc4c23)CC1. The second kappa shape index (κ2) is 10.1. The molecule has 4 aromatic heterocycles. The molecule has 0 radical (unpaired) electrons. The number of furan rings is 1. The topological polar surface area (TPSA) is 43.9 Å². The third kappa shape index (κ3) is 3.73. The lowest BCUT2D eigenvalue weighted by Crippen LogP contribution is -2.07. The van der Waals surface area contributed by atoms with Crippen LogP contribution in [0.25, 0.3) is 109 Å². The fraction of sp³-hybridized carbons (Fsp3) is 0.0435. The number of thiophene rings is 1. The quantitative estimate of drug-likeness (QED) is 0.172. The van der Waals surface area contributed by atoms with Gasteiger partial charge in [-0.2, -0.15) is 0 Å². The van der Waals surface area contributed by atoms with Gasteiger partial charge in [-0.05, 0) is 64.0 Å². The lowest BCUT2D eigenvalue weighted by Gasteiger charge is -2.15. The average Bonchev–Trinajstić information content (AvgIpc) is 3.87. The molecular weight excluding hydrogens is 643 g/mol. The van der Waals surface area contributed by atoms with Crippen LogP contribution in [0.2, 0.25) is 0 Å². The fourth-order valence-corrected chi connectivity index (χ4v) is 9.89. The molecule has 51 heavy (non-hydrogen) atoms. The highest BCUT2D eigenvalue weighted by Gasteiger charge is 2.28. The summed E-state index contributed by atoms with van der Waals surface area (Å²) in [5.41, 5.74) is 7.05. The van der Waals surface area contributed by atoms with Gasteiger partial charge in [0.1, 0.15) is 11.1 Å². The number of fused-ring (bicyclic) bond motifs is 16. The van der Waals surface area contributed by atoms with Gasteiger partial charge in [0.2, 0.25) is 0 Å². The van der Waals surface area contributed by atoms with Crippen molar-refractivity contribution in [2.45, 2.75) is 12.8 Å². The zero-order valence-electron chi connectivity index (χ0n) is 27.4. The molecule has 0 unspecified atom stereocenters. The normalized spacial score (nSPS) is 13.3. The van der Waals surface area contributed by atoms with Gasteiger partial charge < -0.3 is 4.42 Å². The van der Waals surface area contributed by atoms with E-state index in [1.807, 2.05) is 23.5 Å². The molecule has 4 nitrogen and oxygen atoms in total. The van der Waals surface area contributed by atoms with E-state index in [4.69, 9.17) is 14.4 Å². The Morgan fingerprint density at radius 2 is 1.37 bits per heavy atom. The van der Waals surface area contributed by atoms with Crippen molar-refractivity contribution < 1.29 is 4.42 Å². The van der Waals surface area contributed by atoms with Crippen LogP contribution >= 0.6 is 11.3 Å². The summed E-state index contributed by atoms with van der Waals surface area (Å²) in [6.07, 6.45) is 6.53. The van der Waals surface area contributed by atoms with E-state index >= 15 is 0 Å². The summed E-state index contributed by atoms with van der Waals surface area (Å²) in [6.45, 7) is 0. The fourth-order valence-electron chi connectivity index (χ4n) is 8.61. The second-order valence-electron chi connectivity index (χ2n) is 13.6. The number of nitrogens with zero attached hydrogens (tertiary/aromatic N) is 3. The predicted octanol–water partition coefficient (Wildman–Crippen LogP) is 12.8. The molecule has 0 saturated carbocycles. The van der Waals surface area contributed by atoms with Crippen LogP contribution in [0.3, 0.4) is 0 Å². The lowest BCUT2D eigenvalue weighted by atomic mass is 9.97. The Hall–Kier alpha value is -6.30. The van der Waals surface area contributed by atoms with E-state index in [1.54, 1.807) is 0 Å². The number of allylic oxidation sites excluding steroid dienone is 1. The van der Waals surface area contributed by atoms with Gasteiger partial charge in [-0.3, -0.25) is 4.57 Å². The third-order valence-corrected chi connectivity index (χ3v) is 12.0. The first-order valence-electron chi connectivity index (χ1n) is 17.5. The molecular formula is C46H27N3OS. The van der Waals surface area contributed by atoms with Crippen molar-refractivity contribution in [3.63, 3.8) is 0 Å². The van der Waals surface area contributed by atoms with E-state index in [0.29, 0.717) is 11.4 Å². The Morgan fingerprint density at radius 1 is 0.627 bits per heavy atom. The molecule has 7 aromatic carbocycles. The smallest absolute Gasteiger partial charge is 0.197 e. The standard InChI is InChI=1S/C46H27N3OS/c1-2-12-29-26(11-1)21-22-27-25-28(23-24-30(27)29)45-47-41-34-16-6-9-19-37(34)50-43(41)46(48-45)49-36-18-8-5-15-33(36)40-42(49)32-14-4-3-13-31(32)39-35-17-7-10-20-38(35)51-44(39)40/h1-7,9-17,19-25H,8,18H2. The molecule has 0 atom stereocenters. The van der Waals surface area contributed by atoms with Crippen LogP contribution < -0.4 is 0 Å². The summed E-state index contributed by atoms with van der Waals surface area (Å²) >= 11 is 1.89.